The molecule has 1 heterocycles. The molecule has 27 heavy (non-hydrogen) atoms. The van der Waals surface area contributed by atoms with E-state index in [9.17, 15) is 9.59 Å². The molecule has 1 atom stereocenters. The summed E-state index contributed by atoms with van der Waals surface area (Å²) in [6.07, 6.45) is 1.50. The van der Waals surface area contributed by atoms with Gasteiger partial charge in [-0.05, 0) is 63.8 Å². The molecule has 0 bridgehead atoms. The number of likely N-dealkylation sites (tertiary alicyclic amines) is 1. The topological polar surface area (TPSA) is 61.4 Å². The molecule has 0 spiro atoms. The number of amides is 3. The fourth-order valence-corrected chi connectivity index (χ4v) is 3.70. The second-order valence-electron chi connectivity index (χ2n) is 7.41. The van der Waals surface area contributed by atoms with Crippen LogP contribution in [-0.2, 0) is 4.79 Å². The van der Waals surface area contributed by atoms with Crippen LogP contribution in [0.1, 0.15) is 35.1 Å². The summed E-state index contributed by atoms with van der Waals surface area (Å²) in [5, 5.41) is 5.94. The molecule has 0 aliphatic carbocycles. The number of rotatable bonds is 3. The molecule has 0 radical (unpaired) electrons. The van der Waals surface area contributed by atoms with E-state index in [0.717, 1.165) is 34.5 Å². The zero-order valence-electron chi connectivity index (χ0n) is 16.4. The number of carbonyl (C=O) groups excluding carboxylic acids is 2. The maximum Gasteiger partial charge on any atom is 0.322 e. The molecule has 0 aromatic heterocycles. The first kappa shape index (κ1) is 19.0. The molecule has 1 aliphatic heterocycles. The van der Waals surface area contributed by atoms with Crippen molar-refractivity contribution < 1.29 is 9.59 Å². The zero-order chi connectivity index (χ0) is 19.6. The second-order valence-corrected chi connectivity index (χ2v) is 7.41. The Morgan fingerprint density at radius 2 is 1.56 bits per heavy atom. The molecular formula is C22H27N3O2. The Kier molecular flexibility index (Phi) is 5.49. The van der Waals surface area contributed by atoms with E-state index in [0.29, 0.717) is 13.0 Å². The Hall–Kier alpha value is -2.82. The number of hydrogen-bond acceptors (Lipinski definition) is 2. The molecule has 2 aromatic rings. The van der Waals surface area contributed by atoms with Crippen LogP contribution in [0, 0.1) is 27.7 Å². The molecule has 5 nitrogen and oxygen atoms in total. The van der Waals surface area contributed by atoms with Crippen molar-refractivity contribution in [2.45, 2.75) is 46.6 Å². The highest BCUT2D eigenvalue weighted by Crippen LogP contribution is 2.25. The quantitative estimate of drug-likeness (QED) is 0.838. The van der Waals surface area contributed by atoms with Gasteiger partial charge in [-0.15, -0.1) is 0 Å². The molecule has 5 heteroatoms. The molecule has 1 fully saturated rings. The summed E-state index contributed by atoms with van der Waals surface area (Å²) < 4.78 is 0. The number of nitrogens with one attached hydrogen (secondary N) is 2. The predicted octanol–water partition coefficient (Wildman–Crippen LogP) is 4.56. The van der Waals surface area contributed by atoms with Crippen LogP contribution >= 0.6 is 0 Å². The van der Waals surface area contributed by atoms with Crippen molar-refractivity contribution in [3.63, 3.8) is 0 Å². The minimum atomic E-state index is -0.449. The third-order valence-corrected chi connectivity index (χ3v) is 5.04. The molecule has 3 rings (SSSR count). The normalized spacial score (nSPS) is 16.3. The van der Waals surface area contributed by atoms with Crippen LogP contribution in [0.5, 0.6) is 0 Å². The van der Waals surface area contributed by atoms with Crippen LogP contribution < -0.4 is 10.6 Å². The summed E-state index contributed by atoms with van der Waals surface area (Å²) in [4.78, 5) is 27.2. The second kappa shape index (κ2) is 7.82. The molecule has 1 aliphatic rings. The van der Waals surface area contributed by atoms with Crippen molar-refractivity contribution in [3.05, 3.63) is 58.7 Å². The fourth-order valence-electron chi connectivity index (χ4n) is 3.70. The van der Waals surface area contributed by atoms with Crippen molar-refractivity contribution in [1.82, 2.24) is 4.90 Å². The summed E-state index contributed by atoms with van der Waals surface area (Å²) in [5.74, 6) is -0.124. The van der Waals surface area contributed by atoms with Crippen molar-refractivity contribution in [2.24, 2.45) is 0 Å². The standard InChI is InChI=1S/C22H27N3O2/c1-14-7-9-18(10-8-14)23-22(27)25-11-5-6-19(25)21(26)24-20-16(3)12-15(2)13-17(20)4/h7-10,12-13,19H,5-6,11H2,1-4H3,(H,23,27)(H,24,26)/t19-/m0/s1. The summed E-state index contributed by atoms with van der Waals surface area (Å²) >= 11 is 0. The van der Waals surface area contributed by atoms with Gasteiger partial charge in [-0.3, -0.25) is 4.79 Å². The van der Waals surface area contributed by atoms with Gasteiger partial charge >= 0.3 is 6.03 Å². The molecule has 1 saturated heterocycles. The largest absolute Gasteiger partial charge is 0.324 e. The van der Waals surface area contributed by atoms with Gasteiger partial charge in [0.05, 0.1) is 0 Å². The maximum atomic E-state index is 12.9. The van der Waals surface area contributed by atoms with Crippen molar-refractivity contribution >= 4 is 23.3 Å². The molecule has 142 valence electrons. The first-order chi connectivity index (χ1) is 12.8. The van der Waals surface area contributed by atoms with Crippen molar-refractivity contribution in [2.75, 3.05) is 17.2 Å². The smallest absolute Gasteiger partial charge is 0.322 e. The van der Waals surface area contributed by atoms with Crippen LogP contribution in [0.4, 0.5) is 16.2 Å². The Bertz CT molecular complexity index is 835. The Balaban J connectivity index is 1.71. The molecule has 2 N–H and O–H groups in total. The molecule has 0 saturated carbocycles. The predicted molar refractivity (Wildman–Crippen MR) is 109 cm³/mol. The number of nitrogens with zero attached hydrogens (tertiary/aromatic N) is 1. The summed E-state index contributed by atoms with van der Waals surface area (Å²) in [6.45, 7) is 8.61. The Labute approximate surface area is 160 Å². The molecule has 3 amide bonds. The lowest BCUT2D eigenvalue weighted by molar-refractivity contribution is -0.119. The Morgan fingerprint density at radius 3 is 2.19 bits per heavy atom. The number of hydrogen-bond donors (Lipinski definition) is 2. The molecule has 0 unspecified atom stereocenters. The minimum Gasteiger partial charge on any atom is -0.324 e. The van der Waals surface area contributed by atoms with E-state index in [2.05, 4.69) is 22.8 Å². The number of benzene rings is 2. The van der Waals surface area contributed by atoms with Gasteiger partial charge in [0.15, 0.2) is 0 Å². The van der Waals surface area contributed by atoms with Gasteiger partial charge in [-0.1, -0.05) is 35.4 Å². The van der Waals surface area contributed by atoms with E-state index in [1.54, 1.807) is 4.90 Å². The lowest BCUT2D eigenvalue weighted by Gasteiger charge is -2.25. The molecular weight excluding hydrogens is 338 g/mol. The van der Waals surface area contributed by atoms with E-state index >= 15 is 0 Å². The summed E-state index contributed by atoms with van der Waals surface area (Å²) in [5.41, 5.74) is 5.96. The monoisotopic (exact) mass is 365 g/mol. The van der Waals surface area contributed by atoms with Gasteiger partial charge in [0.2, 0.25) is 5.91 Å². The van der Waals surface area contributed by atoms with Gasteiger partial charge in [0.25, 0.3) is 0 Å². The number of carbonyl (C=O) groups is 2. The maximum absolute atomic E-state index is 12.9. The summed E-state index contributed by atoms with van der Waals surface area (Å²) in [6, 6.07) is 11.1. The van der Waals surface area contributed by atoms with Gasteiger partial charge in [-0.2, -0.15) is 0 Å². The third-order valence-electron chi connectivity index (χ3n) is 5.04. The van der Waals surface area contributed by atoms with Crippen LogP contribution in [0.15, 0.2) is 36.4 Å². The minimum absolute atomic E-state index is 0.124. The highest BCUT2D eigenvalue weighted by Gasteiger charge is 2.34. The van der Waals surface area contributed by atoms with Gasteiger partial charge in [0.1, 0.15) is 6.04 Å². The zero-order valence-corrected chi connectivity index (χ0v) is 16.4. The third kappa shape index (κ3) is 4.30. The number of urea groups is 1. The summed E-state index contributed by atoms with van der Waals surface area (Å²) in [7, 11) is 0. The SMILES string of the molecule is Cc1ccc(NC(=O)N2CCC[C@H]2C(=O)Nc2c(C)cc(C)cc2C)cc1. The van der Waals surface area contributed by atoms with Crippen molar-refractivity contribution in [3.8, 4) is 0 Å². The van der Waals surface area contributed by atoms with E-state index in [1.807, 2.05) is 52.0 Å². The van der Waals surface area contributed by atoms with Gasteiger partial charge in [0, 0.05) is 17.9 Å². The van der Waals surface area contributed by atoms with E-state index in [-0.39, 0.29) is 11.9 Å². The van der Waals surface area contributed by atoms with Crippen LogP contribution in [-0.4, -0.2) is 29.4 Å². The number of anilines is 2. The van der Waals surface area contributed by atoms with E-state index in [4.69, 9.17) is 0 Å². The van der Waals surface area contributed by atoms with Crippen molar-refractivity contribution in [1.29, 1.82) is 0 Å². The number of aryl methyl sites for hydroxylation is 4. The fraction of sp³-hybridized carbons (Fsp3) is 0.364. The van der Waals surface area contributed by atoms with Gasteiger partial charge in [-0.25, -0.2) is 4.79 Å². The highest BCUT2D eigenvalue weighted by atomic mass is 16.2. The van der Waals surface area contributed by atoms with Crippen LogP contribution in [0.25, 0.3) is 0 Å². The lowest BCUT2D eigenvalue weighted by Crippen LogP contribution is -2.45. The average Bonchev–Trinajstić information content (AvgIpc) is 3.10. The van der Waals surface area contributed by atoms with Gasteiger partial charge < -0.3 is 15.5 Å². The first-order valence-electron chi connectivity index (χ1n) is 9.38. The average molecular weight is 365 g/mol. The van der Waals surface area contributed by atoms with Crippen LogP contribution in [0.2, 0.25) is 0 Å². The van der Waals surface area contributed by atoms with E-state index in [1.165, 1.54) is 5.56 Å². The van der Waals surface area contributed by atoms with E-state index < -0.39 is 6.04 Å². The lowest BCUT2D eigenvalue weighted by atomic mass is 10.0. The Morgan fingerprint density at radius 1 is 0.926 bits per heavy atom. The van der Waals surface area contributed by atoms with Crippen LogP contribution in [0.3, 0.4) is 0 Å². The highest BCUT2D eigenvalue weighted by molar-refractivity contribution is 6.00. The first-order valence-corrected chi connectivity index (χ1v) is 9.38. The molecule has 2 aromatic carbocycles.